The highest BCUT2D eigenvalue weighted by Gasteiger charge is 2.35. The molecule has 0 fully saturated rings. The van der Waals surface area contributed by atoms with Gasteiger partial charge in [-0.05, 0) is 25.1 Å². The number of amides is 1. The molecular formula is C15H18F3N3O4. The molecule has 0 aliphatic carbocycles. The molecule has 0 spiro atoms. The Morgan fingerprint density at radius 3 is 2.64 bits per heavy atom. The number of rotatable bonds is 3. The van der Waals surface area contributed by atoms with E-state index in [1.165, 1.54) is 12.1 Å². The highest BCUT2D eigenvalue weighted by molar-refractivity contribution is 5.95. The molecule has 4 N–H and O–H groups in total. The number of carbonyl (C=O) groups excluding carboxylic acids is 1. The first-order chi connectivity index (χ1) is 11.5. The van der Waals surface area contributed by atoms with Crippen LogP contribution in [0.15, 0.2) is 23.2 Å². The Labute approximate surface area is 141 Å². The first-order valence-electron chi connectivity index (χ1n) is 7.02. The summed E-state index contributed by atoms with van der Waals surface area (Å²) in [5.41, 5.74) is 4.67. The summed E-state index contributed by atoms with van der Waals surface area (Å²) < 4.78 is 45.2. The smallest absolute Gasteiger partial charge is 0.322 e. The fourth-order valence-corrected chi connectivity index (χ4v) is 2.13. The van der Waals surface area contributed by atoms with Gasteiger partial charge in [0.25, 0.3) is 12.4 Å². The quantitative estimate of drug-likeness (QED) is 0.710. The number of carboxylic acid groups (broad SMARTS) is 1. The molecule has 1 amide bonds. The van der Waals surface area contributed by atoms with E-state index in [-0.39, 0.29) is 36.8 Å². The van der Waals surface area contributed by atoms with Gasteiger partial charge in [-0.3, -0.25) is 14.6 Å². The lowest BCUT2D eigenvalue weighted by Gasteiger charge is -2.30. The second-order valence-electron chi connectivity index (χ2n) is 5.51. The molecule has 1 atom stereocenters. The Morgan fingerprint density at radius 1 is 1.52 bits per heavy atom. The summed E-state index contributed by atoms with van der Waals surface area (Å²) in [5.74, 6) is -5.39. The van der Waals surface area contributed by atoms with E-state index in [4.69, 9.17) is 20.4 Å². The van der Waals surface area contributed by atoms with E-state index >= 15 is 0 Å². The molecule has 10 heteroatoms. The van der Waals surface area contributed by atoms with Gasteiger partial charge in [0.2, 0.25) is 0 Å². The SMILES string of the molecule is CC(F)(F)C(=O)Nc1ccc(F)c(C2(C)COCC(N)=N2)c1.O=CO. The average Bonchev–Trinajstić information content (AvgIpc) is 2.48. The average molecular weight is 361 g/mol. The summed E-state index contributed by atoms with van der Waals surface area (Å²) in [6, 6.07) is 3.53. The molecule has 25 heavy (non-hydrogen) atoms. The van der Waals surface area contributed by atoms with Crippen LogP contribution in [-0.2, 0) is 19.9 Å². The minimum Gasteiger partial charge on any atom is -0.483 e. The lowest BCUT2D eigenvalue weighted by Crippen LogP contribution is -2.38. The van der Waals surface area contributed by atoms with Crippen molar-refractivity contribution in [3.05, 3.63) is 29.6 Å². The van der Waals surface area contributed by atoms with E-state index in [1.54, 1.807) is 6.92 Å². The number of carbonyl (C=O) groups is 2. The number of anilines is 1. The molecule has 0 radical (unpaired) electrons. The summed E-state index contributed by atoms with van der Waals surface area (Å²) in [6.45, 7) is 2.08. The van der Waals surface area contributed by atoms with Crippen molar-refractivity contribution in [3.63, 3.8) is 0 Å². The fraction of sp³-hybridized carbons (Fsp3) is 0.400. The minimum absolute atomic E-state index is 0.0449. The molecule has 1 aliphatic rings. The van der Waals surface area contributed by atoms with Gasteiger partial charge < -0.3 is 20.9 Å². The van der Waals surface area contributed by atoms with Crippen molar-refractivity contribution in [2.75, 3.05) is 18.5 Å². The Morgan fingerprint density at radius 2 is 2.12 bits per heavy atom. The number of nitrogens with zero attached hydrogens (tertiary/aromatic N) is 1. The second-order valence-corrected chi connectivity index (χ2v) is 5.51. The maximum atomic E-state index is 14.1. The molecule has 7 nitrogen and oxygen atoms in total. The molecule has 0 saturated carbocycles. The number of ether oxygens (including phenoxy) is 1. The van der Waals surface area contributed by atoms with Gasteiger partial charge in [0.05, 0.1) is 6.61 Å². The summed E-state index contributed by atoms with van der Waals surface area (Å²) in [7, 11) is 0. The maximum absolute atomic E-state index is 14.1. The van der Waals surface area contributed by atoms with Gasteiger partial charge in [0, 0.05) is 18.2 Å². The normalized spacial score (nSPS) is 20.0. The maximum Gasteiger partial charge on any atom is 0.322 e. The summed E-state index contributed by atoms with van der Waals surface area (Å²) in [4.78, 5) is 23.9. The van der Waals surface area contributed by atoms with E-state index in [9.17, 15) is 18.0 Å². The zero-order valence-electron chi connectivity index (χ0n) is 13.6. The first-order valence-corrected chi connectivity index (χ1v) is 7.02. The van der Waals surface area contributed by atoms with Crippen molar-refractivity contribution >= 4 is 23.9 Å². The third kappa shape index (κ3) is 5.45. The van der Waals surface area contributed by atoms with Crippen molar-refractivity contribution < 1.29 is 32.6 Å². The Balaban J connectivity index is 0.000000970. The Kier molecular flexibility index (Phi) is 6.51. The van der Waals surface area contributed by atoms with Crippen LogP contribution in [-0.4, -0.2) is 42.5 Å². The summed E-state index contributed by atoms with van der Waals surface area (Å²) in [5, 5.41) is 8.93. The van der Waals surface area contributed by atoms with E-state index in [2.05, 4.69) is 4.99 Å². The van der Waals surface area contributed by atoms with Gasteiger partial charge in [-0.2, -0.15) is 8.78 Å². The molecule has 1 heterocycles. The van der Waals surface area contributed by atoms with Crippen LogP contribution >= 0.6 is 0 Å². The molecule has 1 aliphatic heterocycles. The number of amidine groups is 1. The third-order valence-electron chi connectivity index (χ3n) is 3.23. The lowest BCUT2D eigenvalue weighted by atomic mass is 9.92. The van der Waals surface area contributed by atoms with Crippen LogP contribution in [0.4, 0.5) is 18.9 Å². The third-order valence-corrected chi connectivity index (χ3v) is 3.23. The number of benzene rings is 1. The van der Waals surface area contributed by atoms with Crippen molar-refractivity contribution in [1.82, 2.24) is 0 Å². The van der Waals surface area contributed by atoms with Crippen LogP contribution in [0, 0.1) is 5.82 Å². The molecule has 1 aromatic carbocycles. The van der Waals surface area contributed by atoms with Crippen LogP contribution in [0.25, 0.3) is 0 Å². The van der Waals surface area contributed by atoms with Gasteiger partial charge in [0.1, 0.15) is 23.8 Å². The Bertz CT molecular complexity index is 676. The van der Waals surface area contributed by atoms with E-state index in [0.717, 1.165) is 6.07 Å². The van der Waals surface area contributed by atoms with Crippen molar-refractivity contribution in [1.29, 1.82) is 0 Å². The number of nitrogens with two attached hydrogens (primary N) is 1. The highest BCUT2D eigenvalue weighted by atomic mass is 19.3. The van der Waals surface area contributed by atoms with Crippen LogP contribution < -0.4 is 11.1 Å². The number of hydrogen-bond acceptors (Lipinski definition) is 5. The zero-order valence-corrected chi connectivity index (χ0v) is 13.6. The summed E-state index contributed by atoms with van der Waals surface area (Å²) in [6.07, 6.45) is 0. The monoisotopic (exact) mass is 361 g/mol. The predicted molar refractivity (Wildman–Crippen MR) is 84.1 cm³/mol. The van der Waals surface area contributed by atoms with Gasteiger partial charge in [-0.1, -0.05) is 0 Å². The van der Waals surface area contributed by atoms with Gasteiger partial charge in [0.15, 0.2) is 0 Å². The fourth-order valence-electron chi connectivity index (χ4n) is 2.13. The molecule has 0 saturated heterocycles. The molecule has 2 rings (SSSR count). The number of nitrogens with one attached hydrogen (secondary N) is 1. The number of halogens is 3. The molecule has 0 bridgehead atoms. The zero-order chi connectivity index (χ0) is 19.3. The topological polar surface area (TPSA) is 114 Å². The van der Waals surface area contributed by atoms with Gasteiger partial charge in [-0.15, -0.1) is 0 Å². The van der Waals surface area contributed by atoms with E-state index < -0.39 is 23.2 Å². The minimum atomic E-state index is -3.53. The van der Waals surface area contributed by atoms with Gasteiger partial charge in [-0.25, -0.2) is 4.39 Å². The largest absolute Gasteiger partial charge is 0.483 e. The standard InChI is InChI=1S/C14H16F3N3O2.CH2O2/c1-13(7-22-6-11(18)20-13)9-5-8(3-4-10(9)15)19-12(21)14(2,16)17;2-1-3/h3-5H,6-7H2,1-2H3,(H2,18,20)(H,19,21);1H,(H,2,3). The van der Waals surface area contributed by atoms with Gasteiger partial charge >= 0.3 is 5.92 Å². The molecular weight excluding hydrogens is 343 g/mol. The molecule has 1 aromatic rings. The van der Waals surface area contributed by atoms with E-state index in [0.29, 0.717) is 6.92 Å². The highest BCUT2D eigenvalue weighted by Crippen LogP contribution is 2.32. The van der Waals surface area contributed by atoms with Crippen molar-refractivity contribution in [2.24, 2.45) is 10.7 Å². The van der Waals surface area contributed by atoms with Crippen LogP contribution in [0.5, 0.6) is 0 Å². The number of hydrogen-bond donors (Lipinski definition) is 3. The van der Waals surface area contributed by atoms with Crippen molar-refractivity contribution in [2.45, 2.75) is 25.3 Å². The number of alkyl halides is 2. The van der Waals surface area contributed by atoms with E-state index in [1.807, 2.05) is 5.32 Å². The van der Waals surface area contributed by atoms with Crippen LogP contribution in [0.1, 0.15) is 19.4 Å². The van der Waals surface area contributed by atoms with Crippen LogP contribution in [0.3, 0.4) is 0 Å². The van der Waals surface area contributed by atoms with Crippen molar-refractivity contribution in [3.8, 4) is 0 Å². The summed E-state index contributed by atoms with van der Waals surface area (Å²) >= 11 is 0. The van der Waals surface area contributed by atoms with Crippen LogP contribution in [0.2, 0.25) is 0 Å². The lowest BCUT2D eigenvalue weighted by molar-refractivity contribution is -0.137. The molecule has 1 unspecified atom stereocenters. The Hall–Kier alpha value is -2.62. The molecule has 138 valence electrons. The molecule has 0 aromatic heterocycles. The predicted octanol–water partition coefficient (Wildman–Crippen LogP) is 1.72. The first kappa shape index (κ1) is 20.4. The second kappa shape index (κ2) is 7.97. The number of aliphatic imine (C=N–C) groups is 1.